The summed E-state index contributed by atoms with van der Waals surface area (Å²) in [5.74, 6) is -0.469. The number of carbonyl (C=O) groups is 2. The Balaban J connectivity index is 1.85. The van der Waals surface area contributed by atoms with Crippen LogP contribution in [0.5, 0.6) is 5.75 Å². The number of ether oxygens (including phenoxy) is 1. The Morgan fingerprint density at radius 3 is 2.43 bits per heavy atom. The van der Waals surface area contributed by atoms with Crippen molar-refractivity contribution in [2.75, 3.05) is 17.3 Å². The van der Waals surface area contributed by atoms with Crippen LogP contribution in [-0.4, -0.2) is 18.9 Å². The highest BCUT2D eigenvalue weighted by Crippen LogP contribution is 2.33. The van der Waals surface area contributed by atoms with Crippen molar-refractivity contribution in [1.29, 1.82) is 0 Å². The molecule has 2 aromatic rings. The maximum Gasteiger partial charge on any atom is 0.283 e. The van der Waals surface area contributed by atoms with E-state index in [9.17, 15) is 9.59 Å². The van der Waals surface area contributed by atoms with Crippen molar-refractivity contribution in [2.45, 2.75) is 33.1 Å². The lowest BCUT2D eigenvalue weighted by Crippen LogP contribution is -2.32. The zero-order chi connectivity index (χ0) is 20.3. The van der Waals surface area contributed by atoms with Gasteiger partial charge in [0.15, 0.2) is 0 Å². The maximum atomic E-state index is 12.9. The first-order chi connectivity index (χ1) is 13.5. The number of rotatable bonds is 7. The third kappa shape index (κ3) is 3.90. The van der Waals surface area contributed by atoms with Gasteiger partial charge in [-0.25, -0.2) is 4.90 Å². The van der Waals surface area contributed by atoms with Gasteiger partial charge in [0.2, 0.25) is 0 Å². The molecule has 0 saturated carbocycles. The van der Waals surface area contributed by atoms with Crippen molar-refractivity contribution in [1.82, 2.24) is 0 Å². The van der Waals surface area contributed by atoms with Gasteiger partial charge in [-0.05, 0) is 55.2 Å². The van der Waals surface area contributed by atoms with Crippen LogP contribution in [0.25, 0.3) is 0 Å². The van der Waals surface area contributed by atoms with Crippen LogP contribution in [0.1, 0.15) is 30.9 Å². The fourth-order valence-corrected chi connectivity index (χ4v) is 3.31. The van der Waals surface area contributed by atoms with E-state index in [0.29, 0.717) is 17.1 Å². The molecule has 3 rings (SSSR count). The normalized spacial score (nSPS) is 14.1. The Morgan fingerprint density at radius 1 is 1.07 bits per heavy atom. The second-order valence-corrected chi connectivity index (χ2v) is 7.11. The molecular weight excluding hydrogens is 376 g/mol. The highest BCUT2D eigenvalue weighted by molar-refractivity contribution is 6.53. The summed E-state index contributed by atoms with van der Waals surface area (Å²) in [6, 6.07) is 13.0. The quantitative estimate of drug-likeness (QED) is 0.682. The Morgan fingerprint density at radius 2 is 1.79 bits per heavy atom. The molecule has 0 saturated heterocycles. The number of benzene rings is 2. The van der Waals surface area contributed by atoms with Gasteiger partial charge in [-0.1, -0.05) is 43.1 Å². The van der Waals surface area contributed by atoms with Crippen molar-refractivity contribution >= 4 is 34.8 Å². The molecule has 0 atom stereocenters. The molecule has 0 unspecified atom stereocenters. The molecule has 146 valence electrons. The third-order valence-corrected chi connectivity index (χ3v) is 5.01. The predicted octanol–water partition coefficient (Wildman–Crippen LogP) is 4.78. The number of unbranched alkanes of at least 4 members (excludes halogenated alkanes) is 1. The smallest absolute Gasteiger partial charge is 0.283 e. The lowest BCUT2D eigenvalue weighted by Gasteiger charge is -2.16. The van der Waals surface area contributed by atoms with E-state index in [4.69, 9.17) is 16.3 Å². The number of carbonyl (C=O) groups excluding carboxylic acids is 2. The standard InChI is InChI=1S/C22H23ClN2O3/c1-4-5-6-15-8-10-16(11-9-15)25-21(26)19(23)20(22(25)27)24-17-13-14(2)7-12-18(17)28-3/h7-13,24H,4-6H2,1-3H3. The molecule has 0 aromatic heterocycles. The maximum absolute atomic E-state index is 12.9. The van der Waals surface area contributed by atoms with Crippen molar-refractivity contribution in [3.63, 3.8) is 0 Å². The first-order valence-corrected chi connectivity index (χ1v) is 9.63. The summed E-state index contributed by atoms with van der Waals surface area (Å²) in [4.78, 5) is 26.7. The van der Waals surface area contributed by atoms with Gasteiger partial charge in [0.25, 0.3) is 11.8 Å². The number of hydrogen-bond acceptors (Lipinski definition) is 4. The van der Waals surface area contributed by atoms with Crippen molar-refractivity contribution < 1.29 is 14.3 Å². The van der Waals surface area contributed by atoms with Crippen LogP contribution in [-0.2, 0) is 16.0 Å². The van der Waals surface area contributed by atoms with Gasteiger partial charge in [0, 0.05) is 0 Å². The van der Waals surface area contributed by atoms with Gasteiger partial charge in [-0.2, -0.15) is 0 Å². The summed E-state index contributed by atoms with van der Waals surface area (Å²) in [5, 5.41) is 2.85. The summed E-state index contributed by atoms with van der Waals surface area (Å²) in [7, 11) is 1.54. The van der Waals surface area contributed by atoms with E-state index in [1.807, 2.05) is 31.2 Å². The van der Waals surface area contributed by atoms with Crippen LogP contribution in [0.15, 0.2) is 53.2 Å². The molecular formula is C22H23ClN2O3. The van der Waals surface area contributed by atoms with E-state index in [2.05, 4.69) is 12.2 Å². The molecule has 2 amide bonds. The number of halogens is 1. The molecule has 0 spiro atoms. The Hall–Kier alpha value is -2.79. The summed E-state index contributed by atoms with van der Waals surface area (Å²) in [5.41, 5.74) is 3.28. The monoisotopic (exact) mass is 398 g/mol. The van der Waals surface area contributed by atoms with E-state index in [-0.39, 0.29) is 10.7 Å². The van der Waals surface area contributed by atoms with Crippen molar-refractivity contribution in [2.24, 2.45) is 0 Å². The zero-order valence-electron chi connectivity index (χ0n) is 16.2. The molecule has 6 heteroatoms. The van der Waals surface area contributed by atoms with Crippen molar-refractivity contribution in [3.8, 4) is 5.75 Å². The van der Waals surface area contributed by atoms with E-state index in [1.165, 1.54) is 5.56 Å². The second kappa shape index (κ2) is 8.48. The minimum atomic E-state index is -0.540. The molecule has 0 radical (unpaired) electrons. The van der Waals surface area contributed by atoms with E-state index < -0.39 is 11.8 Å². The van der Waals surface area contributed by atoms with E-state index in [0.717, 1.165) is 29.7 Å². The van der Waals surface area contributed by atoms with Crippen LogP contribution in [0.3, 0.4) is 0 Å². The van der Waals surface area contributed by atoms with Gasteiger partial charge in [-0.3, -0.25) is 9.59 Å². The number of imide groups is 1. The molecule has 1 aliphatic heterocycles. The van der Waals surface area contributed by atoms with E-state index >= 15 is 0 Å². The molecule has 2 aromatic carbocycles. The van der Waals surface area contributed by atoms with Crippen LogP contribution in [0.4, 0.5) is 11.4 Å². The lowest BCUT2D eigenvalue weighted by molar-refractivity contribution is -0.120. The average Bonchev–Trinajstić information content (AvgIpc) is 2.90. The number of nitrogens with one attached hydrogen (secondary N) is 1. The number of nitrogens with zero attached hydrogens (tertiary/aromatic N) is 1. The minimum Gasteiger partial charge on any atom is -0.495 e. The Kier molecular flexibility index (Phi) is 6.05. The highest BCUT2D eigenvalue weighted by atomic mass is 35.5. The Labute approximate surface area is 169 Å². The lowest BCUT2D eigenvalue weighted by atomic mass is 10.1. The Bertz CT molecular complexity index is 935. The SMILES string of the molecule is CCCCc1ccc(N2C(=O)C(Cl)=C(Nc3cc(C)ccc3OC)C2=O)cc1. The molecule has 28 heavy (non-hydrogen) atoms. The topological polar surface area (TPSA) is 58.6 Å². The fourth-order valence-electron chi connectivity index (χ4n) is 3.09. The first kappa shape index (κ1) is 20.0. The van der Waals surface area contributed by atoms with Gasteiger partial charge >= 0.3 is 0 Å². The van der Waals surface area contributed by atoms with Gasteiger partial charge < -0.3 is 10.1 Å². The second-order valence-electron chi connectivity index (χ2n) is 6.73. The number of amides is 2. The summed E-state index contributed by atoms with van der Waals surface area (Å²) in [6.07, 6.45) is 3.18. The predicted molar refractivity (Wildman–Crippen MR) is 112 cm³/mol. The minimum absolute atomic E-state index is 0.0469. The van der Waals surface area contributed by atoms with Crippen LogP contribution >= 0.6 is 11.6 Å². The molecule has 1 N–H and O–H groups in total. The summed E-state index contributed by atoms with van der Waals surface area (Å²) >= 11 is 6.22. The first-order valence-electron chi connectivity index (χ1n) is 9.25. The van der Waals surface area contributed by atoms with Gasteiger partial charge in [0.1, 0.15) is 16.5 Å². The molecule has 0 bridgehead atoms. The fraction of sp³-hybridized carbons (Fsp3) is 0.273. The number of anilines is 2. The van der Waals surface area contributed by atoms with E-state index in [1.54, 1.807) is 25.3 Å². The van der Waals surface area contributed by atoms with Crippen LogP contribution in [0.2, 0.25) is 0 Å². The van der Waals surface area contributed by atoms with Crippen LogP contribution < -0.4 is 15.0 Å². The zero-order valence-corrected chi connectivity index (χ0v) is 17.0. The van der Waals surface area contributed by atoms with Gasteiger partial charge in [-0.15, -0.1) is 0 Å². The number of methoxy groups -OCH3 is 1. The van der Waals surface area contributed by atoms with Gasteiger partial charge in [0.05, 0.1) is 18.5 Å². The number of aryl methyl sites for hydroxylation is 2. The number of hydrogen-bond donors (Lipinski definition) is 1. The molecule has 1 heterocycles. The molecule has 0 fully saturated rings. The third-order valence-electron chi connectivity index (χ3n) is 4.66. The summed E-state index contributed by atoms with van der Waals surface area (Å²) < 4.78 is 5.33. The van der Waals surface area contributed by atoms with Crippen LogP contribution in [0, 0.1) is 6.92 Å². The molecule has 0 aliphatic carbocycles. The van der Waals surface area contributed by atoms with Crippen molar-refractivity contribution in [3.05, 3.63) is 64.3 Å². The molecule has 1 aliphatic rings. The average molecular weight is 399 g/mol. The summed E-state index contributed by atoms with van der Waals surface area (Å²) in [6.45, 7) is 4.07. The largest absolute Gasteiger partial charge is 0.495 e. The highest BCUT2D eigenvalue weighted by Gasteiger charge is 2.39. The molecule has 5 nitrogen and oxygen atoms in total.